The quantitative estimate of drug-likeness (QED) is 0.392. The molecular weight excluding hydrogens is 260 g/mol. The van der Waals surface area contributed by atoms with Gasteiger partial charge in [-0.05, 0) is 12.1 Å². The van der Waals surface area contributed by atoms with Gasteiger partial charge in [0.15, 0.2) is 11.5 Å². The van der Waals surface area contributed by atoms with Crippen LogP contribution < -0.4 is 18.9 Å². The number of hydrogen-bond donors (Lipinski definition) is 0. The standard InChI is InChI=1S/C11H8O8/c1-7(15)19-9-3-2-8(16-4-12)10(17-5-13)11(9)18-6-14/h2-6H,1H3. The first-order chi connectivity index (χ1) is 9.13. The Bertz CT molecular complexity index is 508. The summed E-state index contributed by atoms with van der Waals surface area (Å²) in [5.74, 6) is -1.77. The van der Waals surface area contributed by atoms with Gasteiger partial charge in [-0.1, -0.05) is 0 Å². The summed E-state index contributed by atoms with van der Waals surface area (Å²) in [6, 6.07) is 2.40. The van der Waals surface area contributed by atoms with Crippen molar-refractivity contribution in [3.63, 3.8) is 0 Å². The Kier molecular flexibility index (Phi) is 5.03. The lowest BCUT2D eigenvalue weighted by Crippen LogP contribution is -2.06. The van der Waals surface area contributed by atoms with Gasteiger partial charge in [0.05, 0.1) is 0 Å². The Morgan fingerprint density at radius 1 is 0.895 bits per heavy atom. The smallest absolute Gasteiger partial charge is 0.308 e. The van der Waals surface area contributed by atoms with Crippen molar-refractivity contribution in [3.8, 4) is 23.0 Å². The van der Waals surface area contributed by atoms with Crippen LogP contribution in [0.1, 0.15) is 6.92 Å². The lowest BCUT2D eigenvalue weighted by Gasteiger charge is -2.12. The summed E-state index contributed by atoms with van der Waals surface area (Å²) in [6.45, 7) is 1.27. The molecule has 0 saturated carbocycles. The molecule has 100 valence electrons. The maximum atomic E-state index is 10.9. The molecule has 0 radical (unpaired) electrons. The summed E-state index contributed by atoms with van der Waals surface area (Å²) >= 11 is 0. The van der Waals surface area contributed by atoms with Gasteiger partial charge >= 0.3 is 5.97 Å². The van der Waals surface area contributed by atoms with Crippen LogP contribution in [-0.2, 0) is 19.2 Å². The average Bonchev–Trinajstić information content (AvgIpc) is 2.36. The predicted octanol–water partition coefficient (Wildman–Crippen LogP) is 0.218. The van der Waals surface area contributed by atoms with Crippen LogP contribution in [0.15, 0.2) is 12.1 Å². The molecule has 1 rings (SSSR count). The maximum absolute atomic E-state index is 10.9. The van der Waals surface area contributed by atoms with Crippen LogP contribution in [-0.4, -0.2) is 25.4 Å². The van der Waals surface area contributed by atoms with Crippen LogP contribution in [0.3, 0.4) is 0 Å². The van der Waals surface area contributed by atoms with Crippen LogP contribution in [0.4, 0.5) is 0 Å². The van der Waals surface area contributed by atoms with Crippen LogP contribution >= 0.6 is 0 Å². The lowest BCUT2D eigenvalue weighted by atomic mass is 10.2. The molecule has 1 aromatic rings. The third-order valence-corrected chi connectivity index (χ3v) is 1.80. The highest BCUT2D eigenvalue weighted by Gasteiger charge is 2.20. The van der Waals surface area contributed by atoms with Gasteiger partial charge in [0.2, 0.25) is 11.5 Å². The molecule has 8 heteroatoms. The van der Waals surface area contributed by atoms with Gasteiger partial charge in [0.1, 0.15) is 0 Å². The van der Waals surface area contributed by atoms with E-state index >= 15 is 0 Å². The molecule has 0 amide bonds. The second-order valence-corrected chi connectivity index (χ2v) is 2.96. The summed E-state index contributed by atoms with van der Waals surface area (Å²) in [7, 11) is 0. The molecular formula is C11H8O8. The number of carbonyl (C=O) groups is 4. The normalized spacial score (nSPS) is 9.11. The van der Waals surface area contributed by atoms with Crippen LogP contribution in [0.5, 0.6) is 23.0 Å². The van der Waals surface area contributed by atoms with Crippen molar-refractivity contribution < 1.29 is 38.1 Å². The predicted molar refractivity (Wildman–Crippen MR) is 57.8 cm³/mol. The molecule has 0 atom stereocenters. The Morgan fingerprint density at radius 2 is 1.37 bits per heavy atom. The Labute approximate surface area is 106 Å². The second kappa shape index (κ2) is 6.74. The molecule has 1 aromatic carbocycles. The molecule has 0 spiro atoms. The van der Waals surface area contributed by atoms with Gasteiger partial charge in [-0.25, -0.2) is 0 Å². The van der Waals surface area contributed by atoms with Crippen molar-refractivity contribution in [1.82, 2.24) is 0 Å². The van der Waals surface area contributed by atoms with Crippen LogP contribution in [0.2, 0.25) is 0 Å². The lowest BCUT2D eigenvalue weighted by molar-refractivity contribution is -0.132. The third-order valence-electron chi connectivity index (χ3n) is 1.80. The summed E-state index contributed by atoms with van der Waals surface area (Å²) in [4.78, 5) is 42.0. The van der Waals surface area contributed by atoms with Gasteiger partial charge < -0.3 is 18.9 Å². The molecule has 8 nitrogen and oxygen atoms in total. The minimum absolute atomic E-state index is 0.0300. The van der Waals surface area contributed by atoms with E-state index in [2.05, 4.69) is 14.2 Å². The van der Waals surface area contributed by atoms with Gasteiger partial charge in [-0.3, -0.25) is 19.2 Å². The molecule has 0 N–H and O–H groups in total. The number of ether oxygens (including phenoxy) is 4. The summed E-state index contributed by atoms with van der Waals surface area (Å²) in [6.07, 6.45) is 0. The van der Waals surface area contributed by atoms with Crippen molar-refractivity contribution in [2.24, 2.45) is 0 Å². The number of benzene rings is 1. The van der Waals surface area contributed by atoms with E-state index in [1.165, 1.54) is 12.1 Å². The molecule has 0 aliphatic rings. The number of rotatable bonds is 7. The highest BCUT2D eigenvalue weighted by Crippen LogP contribution is 2.44. The number of carbonyl (C=O) groups excluding carboxylic acids is 4. The SMILES string of the molecule is CC(=O)Oc1ccc(OC=O)c(OC=O)c1OC=O. The van der Waals surface area contributed by atoms with E-state index < -0.39 is 5.97 Å². The van der Waals surface area contributed by atoms with Crippen molar-refractivity contribution in [1.29, 1.82) is 0 Å². The van der Waals surface area contributed by atoms with Gasteiger partial charge in [0, 0.05) is 6.92 Å². The van der Waals surface area contributed by atoms with Crippen molar-refractivity contribution in [3.05, 3.63) is 12.1 Å². The Hall–Kier alpha value is -2.90. The minimum Gasteiger partial charge on any atom is -0.425 e. The fourth-order valence-corrected chi connectivity index (χ4v) is 1.23. The maximum Gasteiger partial charge on any atom is 0.308 e. The minimum atomic E-state index is -0.683. The fraction of sp³-hybridized carbons (Fsp3) is 0.0909. The average molecular weight is 268 g/mol. The zero-order chi connectivity index (χ0) is 14.3. The molecule has 0 heterocycles. The largest absolute Gasteiger partial charge is 0.425 e. The van der Waals surface area contributed by atoms with Crippen molar-refractivity contribution in [2.45, 2.75) is 6.92 Å². The summed E-state index contributed by atoms with van der Waals surface area (Å²) < 4.78 is 18.4. The van der Waals surface area contributed by atoms with E-state index in [9.17, 15) is 19.2 Å². The first-order valence-electron chi connectivity index (χ1n) is 4.80. The molecule has 19 heavy (non-hydrogen) atoms. The molecule has 0 unspecified atom stereocenters. The van der Waals surface area contributed by atoms with E-state index in [4.69, 9.17) is 4.74 Å². The first-order valence-corrected chi connectivity index (χ1v) is 4.80. The monoisotopic (exact) mass is 268 g/mol. The van der Waals surface area contributed by atoms with E-state index in [-0.39, 0.29) is 42.4 Å². The molecule has 0 aliphatic carbocycles. The second-order valence-electron chi connectivity index (χ2n) is 2.96. The van der Waals surface area contributed by atoms with Crippen LogP contribution in [0, 0.1) is 0 Å². The van der Waals surface area contributed by atoms with E-state index in [0.29, 0.717) is 0 Å². The van der Waals surface area contributed by atoms with Crippen molar-refractivity contribution in [2.75, 3.05) is 0 Å². The van der Waals surface area contributed by atoms with Crippen LogP contribution in [0.25, 0.3) is 0 Å². The van der Waals surface area contributed by atoms with E-state index in [1.807, 2.05) is 0 Å². The van der Waals surface area contributed by atoms with Gasteiger partial charge in [-0.2, -0.15) is 0 Å². The molecule has 0 aliphatic heterocycles. The van der Waals surface area contributed by atoms with Gasteiger partial charge in [-0.15, -0.1) is 0 Å². The van der Waals surface area contributed by atoms with E-state index in [1.54, 1.807) is 0 Å². The summed E-state index contributed by atoms with van der Waals surface area (Å²) in [5.41, 5.74) is 0. The van der Waals surface area contributed by atoms with E-state index in [0.717, 1.165) is 6.92 Å². The molecule has 0 bridgehead atoms. The topological polar surface area (TPSA) is 105 Å². The third kappa shape index (κ3) is 3.53. The van der Waals surface area contributed by atoms with Gasteiger partial charge in [0.25, 0.3) is 19.4 Å². The first kappa shape index (κ1) is 14.2. The van der Waals surface area contributed by atoms with Crippen molar-refractivity contribution >= 4 is 25.4 Å². The highest BCUT2D eigenvalue weighted by atomic mass is 16.6. The number of esters is 1. The Morgan fingerprint density at radius 3 is 1.84 bits per heavy atom. The fourth-order valence-electron chi connectivity index (χ4n) is 1.23. The molecule has 0 fully saturated rings. The zero-order valence-corrected chi connectivity index (χ0v) is 9.65. The zero-order valence-electron chi connectivity index (χ0n) is 9.65. The Balaban J connectivity index is 3.37. The summed E-state index contributed by atoms with van der Waals surface area (Å²) in [5, 5.41) is 0. The highest BCUT2D eigenvalue weighted by molar-refractivity contribution is 5.74. The molecule has 0 saturated heterocycles. The molecule has 0 aromatic heterocycles. The number of hydrogen-bond acceptors (Lipinski definition) is 8.